The Morgan fingerprint density at radius 1 is 0.950 bits per heavy atom. The molecule has 0 aliphatic carbocycles. The van der Waals surface area contributed by atoms with E-state index in [1.165, 1.54) is 6.08 Å². The van der Waals surface area contributed by atoms with Crippen LogP contribution in [0.2, 0.25) is 0 Å². The number of hydrogen-bond acceptors (Lipinski definition) is 9. The SMILES string of the molecule is CCN(CC)c1ccc2cc(C(=O)/C=C/c3ccc(N(C)CCC(=O)ON4C(=O)CCC4=O)cc3)c(=O)oc2c1. The van der Waals surface area contributed by atoms with Crippen molar-refractivity contribution >= 4 is 52.0 Å². The maximum atomic E-state index is 12.8. The molecule has 0 radical (unpaired) electrons. The number of hydrogen-bond donors (Lipinski definition) is 0. The van der Waals surface area contributed by atoms with E-state index >= 15 is 0 Å². The number of allylic oxidation sites excluding steroid dienone is 1. The van der Waals surface area contributed by atoms with Crippen LogP contribution in [0.5, 0.6) is 0 Å². The first-order chi connectivity index (χ1) is 19.2. The number of anilines is 2. The molecule has 2 aromatic carbocycles. The first kappa shape index (κ1) is 28.3. The van der Waals surface area contributed by atoms with Gasteiger partial charge in [-0.15, -0.1) is 5.06 Å². The van der Waals surface area contributed by atoms with Crippen LogP contribution in [0.15, 0.2) is 63.8 Å². The fourth-order valence-electron chi connectivity index (χ4n) is 4.35. The summed E-state index contributed by atoms with van der Waals surface area (Å²) in [5.74, 6) is -2.16. The molecule has 10 heteroatoms. The zero-order chi connectivity index (χ0) is 28.8. The number of fused-ring (bicyclic) bond motifs is 1. The molecule has 1 saturated heterocycles. The Morgan fingerprint density at radius 3 is 2.25 bits per heavy atom. The number of carbonyl (C=O) groups excluding carboxylic acids is 4. The quantitative estimate of drug-likeness (QED) is 0.153. The fourth-order valence-corrected chi connectivity index (χ4v) is 4.35. The van der Waals surface area contributed by atoms with Crippen molar-refractivity contribution < 1.29 is 28.4 Å². The molecule has 0 saturated carbocycles. The van der Waals surface area contributed by atoms with Gasteiger partial charge in [-0.05, 0) is 55.8 Å². The van der Waals surface area contributed by atoms with Gasteiger partial charge >= 0.3 is 11.6 Å². The van der Waals surface area contributed by atoms with Crippen LogP contribution in [0, 0.1) is 0 Å². The number of ketones is 1. The highest BCUT2D eigenvalue weighted by Crippen LogP contribution is 2.22. The minimum Gasteiger partial charge on any atom is -0.422 e. The number of benzene rings is 2. The molecule has 0 N–H and O–H groups in total. The van der Waals surface area contributed by atoms with Crippen molar-refractivity contribution in [1.82, 2.24) is 5.06 Å². The lowest BCUT2D eigenvalue weighted by Crippen LogP contribution is -2.33. The van der Waals surface area contributed by atoms with Gasteiger partial charge in [0.25, 0.3) is 11.8 Å². The van der Waals surface area contributed by atoms with E-state index in [1.807, 2.05) is 35.2 Å². The molecule has 40 heavy (non-hydrogen) atoms. The Balaban J connectivity index is 1.36. The van der Waals surface area contributed by atoms with Gasteiger partial charge < -0.3 is 19.1 Å². The summed E-state index contributed by atoms with van der Waals surface area (Å²) in [6.45, 7) is 6.05. The van der Waals surface area contributed by atoms with Crippen molar-refractivity contribution in [3.8, 4) is 0 Å². The van der Waals surface area contributed by atoms with E-state index in [0.29, 0.717) is 22.6 Å². The number of rotatable bonds is 11. The summed E-state index contributed by atoms with van der Waals surface area (Å²) in [6.07, 6.45) is 3.02. The lowest BCUT2D eigenvalue weighted by Gasteiger charge is -2.20. The zero-order valence-corrected chi connectivity index (χ0v) is 22.7. The van der Waals surface area contributed by atoms with Crippen LogP contribution in [0.3, 0.4) is 0 Å². The van der Waals surface area contributed by atoms with E-state index in [2.05, 4.69) is 18.7 Å². The second-order valence-corrected chi connectivity index (χ2v) is 9.35. The van der Waals surface area contributed by atoms with Crippen molar-refractivity contribution in [2.75, 3.05) is 36.5 Å². The maximum Gasteiger partial charge on any atom is 0.347 e. The third kappa shape index (κ3) is 6.45. The van der Waals surface area contributed by atoms with E-state index in [0.717, 1.165) is 30.0 Å². The Hall–Kier alpha value is -4.73. The fraction of sp³-hybridized carbons (Fsp3) is 0.300. The van der Waals surface area contributed by atoms with Crippen molar-refractivity contribution in [2.45, 2.75) is 33.1 Å². The van der Waals surface area contributed by atoms with Gasteiger partial charge in [-0.1, -0.05) is 18.2 Å². The predicted molar refractivity (Wildman–Crippen MR) is 151 cm³/mol. The van der Waals surface area contributed by atoms with Gasteiger partial charge in [0.2, 0.25) is 0 Å². The number of amides is 2. The molecular formula is C30H31N3O7. The van der Waals surface area contributed by atoms with Crippen LogP contribution in [0.25, 0.3) is 17.0 Å². The maximum absolute atomic E-state index is 12.8. The summed E-state index contributed by atoms with van der Waals surface area (Å²) >= 11 is 0. The van der Waals surface area contributed by atoms with Crippen LogP contribution < -0.4 is 15.4 Å². The standard InChI is InChI=1S/C30H31N3O7/c1-4-32(5-2)23-12-9-21-18-24(30(38)39-26(21)19-23)25(34)13-8-20-6-10-22(11-7-20)31(3)17-16-29(37)40-33-27(35)14-15-28(33)36/h6-13,18-19H,4-5,14-17H2,1-3H3/b13-8+. The van der Waals surface area contributed by atoms with Gasteiger partial charge in [-0.3, -0.25) is 14.4 Å². The molecule has 1 fully saturated rings. The summed E-state index contributed by atoms with van der Waals surface area (Å²) in [4.78, 5) is 69.4. The molecule has 1 aliphatic rings. The van der Waals surface area contributed by atoms with Crippen LogP contribution in [0.4, 0.5) is 11.4 Å². The molecule has 0 bridgehead atoms. The average molecular weight is 546 g/mol. The summed E-state index contributed by atoms with van der Waals surface area (Å²) < 4.78 is 5.46. The third-order valence-corrected chi connectivity index (χ3v) is 6.72. The molecule has 4 rings (SSSR count). The lowest BCUT2D eigenvalue weighted by molar-refractivity contribution is -0.197. The Kier molecular flexibility index (Phi) is 8.78. The normalized spacial score (nSPS) is 13.3. The zero-order valence-electron chi connectivity index (χ0n) is 22.7. The largest absolute Gasteiger partial charge is 0.422 e. The van der Waals surface area contributed by atoms with E-state index in [1.54, 1.807) is 31.3 Å². The molecule has 2 amide bonds. The highest BCUT2D eigenvalue weighted by molar-refractivity contribution is 6.08. The number of imide groups is 1. The van der Waals surface area contributed by atoms with E-state index in [9.17, 15) is 24.0 Å². The highest BCUT2D eigenvalue weighted by atomic mass is 16.7. The number of nitrogens with zero attached hydrogens (tertiary/aromatic N) is 3. The summed E-state index contributed by atoms with van der Waals surface area (Å²) in [6, 6.07) is 14.4. The second-order valence-electron chi connectivity index (χ2n) is 9.35. The predicted octanol–water partition coefficient (Wildman–Crippen LogP) is 3.97. The summed E-state index contributed by atoms with van der Waals surface area (Å²) in [5, 5.41) is 1.21. The molecule has 0 spiro atoms. The van der Waals surface area contributed by atoms with Gasteiger partial charge in [-0.25, -0.2) is 9.59 Å². The third-order valence-electron chi connectivity index (χ3n) is 6.72. The molecule has 1 aliphatic heterocycles. The number of hydroxylamine groups is 2. The van der Waals surface area contributed by atoms with Crippen LogP contribution in [-0.2, 0) is 19.2 Å². The van der Waals surface area contributed by atoms with Gasteiger partial charge in [0.1, 0.15) is 11.1 Å². The molecule has 10 nitrogen and oxygen atoms in total. The molecule has 3 aromatic rings. The van der Waals surface area contributed by atoms with Gasteiger partial charge in [0, 0.05) is 62.4 Å². The number of carbonyl (C=O) groups is 4. The Bertz CT molecular complexity index is 1500. The van der Waals surface area contributed by atoms with Gasteiger partial charge in [-0.2, -0.15) is 0 Å². The van der Waals surface area contributed by atoms with Gasteiger partial charge in [0.05, 0.1) is 6.42 Å². The van der Waals surface area contributed by atoms with E-state index in [4.69, 9.17) is 9.25 Å². The van der Waals surface area contributed by atoms with Crippen molar-refractivity contribution in [3.05, 3.63) is 76.2 Å². The molecule has 0 unspecified atom stereocenters. The van der Waals surface area contributed by atoms with Crippen molar-refractivity contribution in [3.63, 3.8) is 0 Å². The van der Waals surface area contributed by atoms with E-state index < -0.39 is 29.2 Å². The molecule has 1 aromatic heterocycles. The molecule has 0 atom stereocenters. The lowest BCUT2D eigenvalue weighted by atomic mass is 10.1. The Morgan fingerprint density at radius 2 is 1.60 bits per heavy atom. The first-order valence-electron chi connectivity index (χ1n) is 13.1. The topological polar surface area (TPSA) is 117 Å². The minimum atomic E-state index is -0.687. The van der Waals surface area contributed by atoms with Crippen LogP contribution >= 0.6 is 0 Å². The Labute approximate surface area is 231 Å². The van der Waals surface area contributed by atoms with Crippen molar-refractivity contribution in [1.29, 1.82) is 0 Å². The van der Waals surface area contributed by atoms with Gasteiger partial charge in [0.15, 0.2) is 5.78 Å². The van der Waals surface area contributed by atoms with Crippen molar-refractivity contribution in [2.24, 2.45) is 0 Å². The van der Waals surface area contributed by atoms with E-state index in [-0.39, 0.29) is 24.8 Å². The average Bonchev–Trinajstić information content (AvgIpc) is 3.27. The molecular weight excluding hydrogens is 514 g/mol. The summed E-state index contributed by atoms with van der Waals surface area (Å²) in [5.41, 5.74) is 2.20. The molecule has 2 heterocycles. The second kappa shape index (κ2) is 12.4. The monoisotopic (exact) mass is 545 g/mol. The summed E-state index contributed by atoms with van der Waals surface area (Å²) in [7, 11) is 1.79. The molecule has 208 valence electrons. The minimum absolute atomic E-state index is 0.0190. The highest BCUT2D eigenvalue weighted by Gasteiger charge is 2.32. The van der Waals surface area contributed by atoms with Crippen LogP contribution in [-0.4, -0.2) is 55.3 Å². The smallest absolute Gasteiger partial charge is 0.347 e. The van der Waals surface area contributed by atoms with Crippen LogP contribution in [0.1, 0.15) is 49.0 Å². The first-order valence-corrected chi connectivity index (χ1v) is 13.1.